The molecule has 0 bridgehead atoms. The van der Waals surface area contributed by atoms with Gasteiger partial charge in [0.1, 0.15) is 11.6 Å². The first-order valence-electron chi connectivity index (χ1n) is 7.02. The lowest BCUT2D eigenvalue weighted by Gasteiger charge is -2.11. The average molecular weight is 274 g/mol. The molecule has 0 fully saturated rings. The lowest BCUT2D eigenvalue weighted by atomic mass is 10.1. The number of aromatic nitrogens is 1. The first kappa shape index (κ1) is 14.6. The summed E-state index contributed by atoms with van der Waals surface area (Å²) in [6.07, 6.45) is 3.85. The zero-order valence-electron chi connectivity index (χ0n) is 12.1. The number of anilines is 1. The monoisotopic (exact) mass is 274 g/mol. The molecule has 1 unspecified atom stereocenters. The summed E-state index contributed by atoms with van der Waals surface area (Å²) in [7, 11) is 1.67. The molecule has 0 aliphatic rings. The Morgan fingerprint density at radius 2 is 2.20 bits per heavy atom. The molecule has 2 N–H and O–H groups in total. The first-order chi connectivity index (χ1) is 9.74. The van der Waals surface area contributed by atoms with Crippen molar-refractivity contribution in [3.05, 3.63) is 30.5 Å². The van der Waals surface area contributed by atoms with E-state index in [9.17, 15) is 0 Å². The minimum Gasteiger partial charge on any atom is -0.497 e. The standard InChI is InChI=1S/C16H22N2O2/c1-12(11-19)4-3-8-17-16-15-6-5-14(20-2)10-13(15)7-9-18-16/h5-7,9-10,12,19H,3-4,8,11H2,1-2H3,(H,17,18). The normalized spacial score (nSPS) is 12.3. The van der Waals surface area contributed by atoms with Gasteiger partial charge in [-0.15, -0.1) is 0 Å². The maximum atomic E-state index is 9.00. The Morgan fingerprint density at radius 3 is 2.95 bits per heavy atom. The molecule has 0 aliphatic heterocycles. The van der Waals surface area contributed by atoms with Crippen LogP contribution in [0.2, 0.25) is 0 Å². The molecule has 0 radical (unpaired) electrons. The Bertz CT molecular complexity index is 557. The van der Waals surface area contributed by atoms with Crippen molar-refractivity contribution < 1.29 is 9.84 Å². The van der Waals surface area contributed by atoms with Crippen LogP contribution in [0.3, 0.4) is 0 Å². The molecule has 2 rings (SSSR count). The SMILES string of the molecule is COc1ccc2c(NCCCC(C)CO)nccc2c1. The van der Waals surface area contributed by atoms with E-state index in [-0.39, 0.29) is 6.61 Å². The number of nitrogens with zero attached hydrogens (tertiary/aromatic N) is 1. The van der Waals surface area contributed by atoms with E-state index in [1.807, 2.05) is 24.3 Å². The van der Waals surface area contributed by atoms with Crippen molar-refractivity contribution >= 4 is 16.6 Å². The van der Waals surface area contributed by atoms with Gasteiger partial charge in [-0.3, -0.25) is 0 Å². The van der Waals surface area contributed by atoms with Crippen molar-refractivity contribution in [2.45, 2.75) is 19.8 Å². The number of hydrogen-bond donors (Lipinski definition) is 2. The van der Waals surface area contributed by atoms with Gasteiger partial charge < -0.3 is 15.2 Å². The van der Waals surface area contributed by atoms with Crippen LogP contribution in [0.15, 0.2) is 30.5 Å². The van der Waals surface area contributed by atoms with E-state index in [1.165, 1.54) is 0 Å². The molecule has 0 amide bonds. The van der Waals surface area contributed by atoms with Gasteiger partial charge in [0.25, 0.3) is 0 Å². The number of aliphatic hydroxyl groups is 1. The highest BCUT2D eigenvalue weighted by molar-refractivity contribution is 5.92. The van der Waals surface area contributed by atoms with Gasteiger partial charge in [0.2, 0.25) is 0 Å². The smallest absolute Gasteiger partial charge is 0.133 e. The molecule has 1 aromatic carbocycles. The Kier molecular flexibility index (Phi) is 5.18. The van der Waals surface area contributed by atoms with E-state index in [2.05, 4.69) is 17.2 Å². The van der Waals surface area contributed by atoms with Crippen molar-refractivity contribution in [3.63, 3.8) is 0 Å². The predicted octanol–water partition coefficient (Wildman–Crippen LogP) is 3.06. The van der Waals surface area contributed by atoms with Gasteiger partial charge in [-0.2, -0.15) is 0 Å². The van der Waals surface area contributed by atoms with Gasteiger partial charge in [0, 0.05) is 24.7 Å². The molecule has 4 nitrogen and oxygen atoms in total. The summed E-state index contributed by atoms with van der Waals surface area (Å²) in [6, 6.07) is 7.97. The number of hydrogen-bond acceptors (Lipinski definition) is 4. The zero-order chi connectivity index (χ0) is 14.4. The number of benzene rings is 1. The van der Waals surface area contributed by atoms with Crippen molar-refractivity contribution in [2.75, 3.05) is 25.6 Å². The van der Waals surface area contributed by atoms with E-state index in [0.29, 0.717) is 5.92 Å². The minimum absolute atomic E-state index is 0.256. The van der Waals surface area contributed by atoms with Crippen LogP contribution < -0.4 is 10.1 Å². The minimum atomic E-state index is 0.256. The second kappa shape index (κ2) is 7.10. The van der Waals surface area contributed by atoms with Crippen LogP contribution in [0.4, 0.5) is 5.82 Å². The molecule has 0 spiro atoms. The van der Waals surface area contributed by atoms with E-state index < -0.39 is 0 Å². The highest BCUT2D eigenvalue weighted by Gasteiger charge is 2.04. The topological polar surface area (TPSA) is 54.4 Å². The summed E-state index contributed by atoms with van der Waals surface area (Å²) in [5.74, 6) is 2.12. The van der Waals surface area contributed by atoms with Gasteiger partial charge in [0.05, 0.1) is 7.11 Å². The number of ether oxygens (including phenoxy) is 1. The third-order valence-electron chi connectivity index (χ3n) is 3.45. The molecule has 0 saturated carbocycles. The molecule has 1 aromatic heterocycles. The van der Waals surface area contributed by atoms with E-state index in [0.717, 1.165) is 41.7 Å². The summed E-state index contributed by atoms with van der Waals surface area (Å²) in [6.45, 7) is 3.18. The Balaban J connectivity index is 2.03. The zero-order valence-corrected chi connectivity index (χ0v) is 12.1. The molecule has 2 aromatic rings. The second-order valence-electron chi connectivity index (χ2n) is 5.10. The quantitative estimate of drug-likeness (QED) is 0.762. The van der Waals surface area contributed by atoms with Crippen LogP contribution in [0.5, 0.6) is 5.75 Å². The molecule has 1 atom stereocenters. The number of fused-ring (bicyclic) bond motifs is 1. The Labute approximate surface area is 119 Å². The van der Waals surface area contributed by atoms with Crippen molar-refractivity contribution in [2.24, 2.45) is 5.92 Å². The number of nitrogens with one attached hydrogen (secondary N) is 1. The van der Waals surface area contributed by atoms with E-state index >= 15 is 0 Å². The first-order valence-corrected chi connectivity index (χ1v) is 7.02. The molecule has 108 valence electrons. The van der Waals surface area contributed by atoms with Crippen LogP contribution >= 0.6 is 0 Å². The second-order valence-corrected chi connectivity index (χ2v) is 5.10. The van der Waals surface area contributed by atoms with Crippen LogP contribution in [0.1, 0.15) is 19.8 Å². The molecule has 1 heterocycles. The summed E-state index contributed by atoms with van der Waals surface area (Å²) in [4.78, 5) is 4.40. The number of methoxy groups -OCH3 is 1. The summed E-state index contributed by atoms with van der Waals surface area (Å²) in [5.41, 5.74) is 0. The van der Waals surface area contributed by atoms with Crippen molar-refractivity contribution in [1.29, 1.82) is 0 Å². The van der Waals surface area contributed by atoms with Crippen molar-refractivity contribution in [1.82, 2.24) is 4.98 Å². The van der Waals surface area contributed by atoms with E-state index in [1.54, 1.807) is 13.3 Å². The fourth-order valence-electron chi connectivity index (χ4n) is 2.17. The third-order valence-corrected chi connectivity index (χ3v) is 3.45. The Hall–Kier alpha value is -1.81. The molecular weight excluding hydrogens is 252 g/mol. The summed E-state index contributed by atoms with van der Waals surface area (Å²) >= 11 is 0. The summed E-state index contributed by atoms with van der Waals surface area (Å²) in [5, 5.41) is 14.6. The number of aliphatic hydroxyl groups excluding tert-OH is 1. The summed E-state index contributed by atoms with van der Waals surface area (Å²) < 4.78 is 5.23. The Morgan fingerprint density at radius 1 is 1.35 bits per heavy atom. The lowest BCUT2D eigenvalue weighted by molar-refractivity contribution is 0.229. The van der Waals surface area contributed by atoms with E-state index in [4.69, 9.17) is 9.84 Å². The highest BCUT2D eigenvalue weighted by atomic mass is 16.5. The van der Waals surface area contributed by atoms with Gasteiger partial charge in [-0.05, 0) is 48.4 Å². The number of pyridine rings is 1. The van der Waals surface area contributed by atoms with Gasteiger partial charge >= 0.3 is 0 Å². The van der Waals surface area contributed by atoms with Crippen LogP contribution in [0.25, 0.3) is 10.8 Å². The molecular formula is C16H22N2O2. The highest BCUT2D eigenvalue weighted by Crippen LogP contribution is 2.25. The molecule has 0 saturated heterocycles. The van der Waals surface area contributed by atoms with Crippen molar-refractivity contribution in [3.8, 4) is 5.75 Å². The van der Waals surface area contributed by atoms with Gasteiger partial charge in [-0.25, -0.2) is 4.98 Å². The molecule has 4 heteroatoms. The fourth-order valence-corrected chi connectivity index (χ4v) is 2.17. The molecule has 20 heavy (non-hydrogen) atoms. The largest absolute Gasteiger partial charge is 0.497 e. The molecule has 0 aliphatic carbocycles. The van der Waals surface area contributed by atoms with Crippen LogP contribution in [-0.4, -0.2) is 30.4 Å². The third kappa shape index (κ3) is 3.61. The average Bonchev–Trinajstić information content (AvgIpc) is 2.50. The fraction of sp³-hybridized carbons (Fsp3) is 0.438. The maximum absolute atomic E-state index is 9.00. The van der Waals surface area contributed by atoms with Gasteiger partial charge in [0.15, 0.2) is 0 Å². The predicted molar refractivity (Wildman–Crippen MR) is 82.3 cm³/mol. The van der Waals surface area contributed by atoms with Crippen LogP contribution in [0, 0.1) is 5.92 Å². The van der Waals surface area contributed by atoms with Gasteiger partial charge in [-0.1, -0.05) is 6.92 Å². The van der Waals surface area contributed by atoms with Crippen LogP contribution in [-0.2, 0) is 0 Å². The number of rotatable bonds is 7. The lowest BCUT2D eigenvalue weighted by Crippen LogP contribution is -2.07. The maximum Gasteiger partial charge on any atom is 0.133 e.